The summed E-state index contributed by atoms with van der Waals surface area (Å²) in [6.45, 7) is 0.0132. The lowest BCUT2D eigenvalue weighted by Crippen LogP contribution is -2.18. The van der Waals surface area contributed by atoms with Gasteiger partial charge in [0.25, 0.3) is 11.8 Å². The number of anilines is 1. The number of carbonyl (C=O) groups is 3. The maximum atomic E-state index is 12.8. The number of rotatable bonds is 8. The Bertz CT molecular complexity index is 1670. The summed E-state index contributed by atoms with van der Waals surface area (Å²) in [6.07, 6.45) is 1.13. The molecule has 0 saturated heterocycles. The predicted molar refractivity (Wildman–Crippen MR) is 147 cm³/mol. The molecule has 0 bridgehead atoms. The van der Waals surface area contributed by atoms with Crippen LogP contribution in [0.25, 0.3) is 0 Å². The van der Waals surface area contributed by atoms with E-state index < -0.39 is 22.5 Å². The van der Waals surface area contributed by atoms with E-state index >= 15 is 0 Å². The average Bonchev–Trinajstić information content (AvgIpc) is 3.46. The zero-order valence-electron chi connectivity index (χ0n) is 21.1. The van der Waals surface area contributed by atoms with Gasteiger partial charge in [-0.15, -0.1) is 0 Å². The summed E-state index contributed by atoms with van der Waals surface area (Å²) in [7, 11) is 0. The molecular formula is C29H20N4O8. The van der Waals surface area contributed by atoms with Crippen molar-refractivity contribution in [3.05, 3.63) is 123 Å². The molecule has 12 nitrogen and oxygen atoms in total. The van der Waals surface area contributed by atoms with Crippen molar-refractivity contribution in [2.24, 2.45) is 5.10 Å². The highest BCUT2D eigenvalue weighted by Gasteiger charge is 2.24. The van der Waals surface area contributed by atoms with Crippen molar-refractivity contribution < 1.29 is 33.5 Å². The van der Waals surface area contributed by atoms with E-state index in [1.54, 1.807) is 42.5 Å². The number of para-hydroxylation sites is 1. The van der Waals surface area contributed by atoms with Crippen LogP contribution in [-0.2, 0) is 0 Å². The number of nitro groups is 1. The first kappa shape index (κ1) is 26.6. The molecule has 5 rings (SSSR count). The second-order valence-corrected chi connectivity index (χ2v) is 8.51. The molecule has 0 saturated carbocycles. The fourth-order valence-corrected chi connectivity index (χ4v) is 3.80. The molecule has 204 valence electrons. The van der Waals surface area contributed by atoms with E-state index in [0.717, 1.165) is 6.21 Å². The number of carbonyl (C=O) groups excluding carboxylic acids is 3. The van der Waals surface area contributed by atoms with Crippen LogP contribution in [0, 0.1) is 10.1 Å². The van der Waals surface area contributed by atoms with Crippen molar-refractivity contribution in [3.8, 4) is 17.2 Å². The molecule has 0 spiro atoms. The Morgan fingerprint density at radius 3 is 2.29 bits per heavy atom. The minimum Gasteiger partial charge on any atom is -0.454 e. The number of hydrazone groups is 1. The largest absolute Gasteiger partial charge is 0.454 e. The van der Waals surface area contributed by atoms with E-state index in [1.165, 1.54) is 48.5 Å². The van der Waals surface area contributed by atoms with Crippen molar-refractivity contribution in [2.45, 2.75) is 0 Å². The topological polar surface area (TPSA) is 158 Å². The van der Waals surface area contributed by atoms with E-state index in [0.29, 0.717) is 22.7 Å². The van der Waals surface area contributed by atoms with Crippen molar-refractivity contribution in [1.29, 1.82) is 0 Å². The van der Waals surface area contributed by atoms with Gasteiger partial charge in [0.1, 0.15) is 0 Å². The van der Waals surface area contributed by atoms with Gasteiger partial charge < -0.3 is 19.5 Å². The summed E-state index contributed by atoms with van der Waals surface area (Å²) in [5.74, 6) is -1.28. The highest BCUT2D eigenvalue weighted by Crippen LogP contribution is 2.34. The van der Waals surface area contributed by atoms with Gasteiger partial charge in [0.2, 0.25) is 12.5 Å². The summed E-state index contributed by atoms with van der Waals surface area (Å²) in [5, 5.41) is 18.2. The molecule has 0 radical (unpaired) electrons. The number of benzene rings is 4. The van der Waals surface area contributed by atoms with Gasteiger partial charge in [-0.25, -0.2) is 10.2 Å². The number of hydrogen-bond acceptors (Lipinski definition) is 9. The van der Waals surface area contributed by atoms with Crippen LogP contribution in [0.5, 0.6) is 17.2 Å². The van der Waals surface area contributed by atoms with Gasteiger partial charge in [-0.3, -0.25) is 19.7 Å². The molecule has 4 aromatic rings. The number of fused-ring (bicyclic) bond motifs is 1. The molecule has 0 fully saturated rings. The summed E-state index contributed by atoms with van der Waals surface area (Å²) in [4.78, 5) is 48.6. The third-order valence-electron chi connectivity index (χ3n) is 5.84. The minimum absolute atomic E-state index is 0.0132. The number of amides is 2. The van der Waals surface area contributed by atoms with Gasteiger partial charge in [0, 0.05) is 28.4 Å². The second kappa shape index (κ2) is 11.8. The van der Waals surface area contributed by atoms with E-state index in [-0.39, 0.29) is 35.1 Å². The Balaban J connectivity index is 1.27. The number of esters is 1. The Morgan fingerprint density at radius 2 is 1.54 bits per heavy atom. The first-order valence-corrected chi connectivity index (χ1v) is 12.1. The van der Waals surface area contributed by atoms with Crippen molar-refractivity contribution in [1.82, 2.24) is 5.43 Å². The molecule has 4 aromatic carbocycles. The van der Waals surface area contributed by atoms with Gasteiger partial charge in [-0.05, 0) is 60.7 Å². The minimum atomic E-state index is -0.865. The zero-order valence-corrected chi connectivity index (χ0v) is 21.1. The molecule has 2 N–H and O–H groups in total. The molecule has 12 heteroatoms. The molecule has 1 heterocycles. The molecule has 0 unspecified atom stereocenters. The van der Waals surface area contributed by atoms with Crippen LogP contribution in [0.4, 0.5) is 11.4 Å². The van der Waals surface area contributed by atoms with Crippen LogP contribution in [-0.4, -0.2) is 35.7 Å². The molecule has 41 heavy (non-hydrogen) atoms. The fraction of sp³-hybridized carbons (Fsp3) is 0.0345. The Labute approximate surface area is 232 Å². The molecule has 0 atom stereocenters. The monoisotopic (exact) mass is 552 g/mol. The van der Waals surface area contributed by atoms with Gasteiger partial charge in [-0.1, -0.05) is 24.3 Å². The second-order valence-electron chi connectivity index (χ2n) is 8.51. The van der Waals surface area contributed by atoms with Crippen LogP contribution < -0.4 is 25.0 Å². The van der Waals surface area contributed by atoms with Crippen molar-refractivity contribution >= 4 is 35.4 Å². The number of hydrogen-bond donors (Lipinski definition) is 2. The van der Waals surface area contributed by atoms with E-state index in [9.17, 15) is 24.5 Å². The lowest BCUT2D eigenvalue weighted by molar-refractivity contribution is -0.385. The third-order valence-corrected chi connectivity index (χ3v) is 5.84. The lowest BCUT2D eigenvalue weighted by Gasteiger charge is -2.09. The Kier molecular flexibility index (Phi) is 7.63. The number of nitrogens with one attached hydrogen (secondary N) is 2. The van der Waals surface area contributed by atoms with E-state index in [4.69, 9.17) is 14.2 Å². The SMILES string of the molecule is O=C(N/N=C/c1cccc([N+](=O)[O-])c1OC(=O)c1ccc2c(c1)OCO2)c1ccc(NC(=O)c2ccccc2)cc1. The zero-order chi connectivity index (χ0) is 28.8. The van der Waals surface area contributed by atoms with Crippen LogP contribution in [0.2, 0.25) is 0 Å². The van der Waals surface area contributed by atoms with Gasteiger partial charge in [0.15, 0.2) is 11.5 Å². The lowest BCUT2D eigenvalue weighted by atomic mass is 10.1. The van der Waals surface area contributed by atoms with Crippen molar-refractivity contribution in [2.75, 3.05) is 12.1 Å². The first-order chi connectivity index (χ1) is 19.9. The van der Waals surface area contributed by atoms with E-state index in [2.05, 4.69) is 15.8 Å². The van der Waals surface area contributed by atoms with Crippen LogP contribution >= 0.6 is 0 Å². The maximum absolute atomic E-state index is 12.8. The standard InChI is InChI=1S/C29H20N4O8/c34-27(18-5-2-1-3-6-18)31-22-12-9-19(10-13-22)28(35)32-30-16-21-7-4-8-23(33(37)38)26(21)41-29(36)20-11-14-24-25(15-20)40-17-39-24/h1-16H,17H2,(H,31,34)(H,32,35)/b30-16+. The van der Waals surface area contributed by atoms with Crippen LogP contribution in [0.15, 0.2) is 96.1 Å². The van der Waals surface area contributed by atoms with E-state index in [1.807, 2.05) is 0 Å². The fourth-order valence-electron chi connectivity index (χ4n) is 3.80. The molecule has 0 aliphatic carbocycles. The average molecular weight is 552 g/mol. The Morgan fingerprint density at radius 1 is 0.829 bits per heavy atom. The maximum Gasteiger partial charge on any atom is 0.343 e. The highest BCUT2D eigenvalue weighted by atomic mass is 16.7. The summed E-state index contributed by atoms with van der Waals surface area (Å²) >= 11 is 0. The smallest absolute Gasteiger partial charge is 0.343 e. The summed E-state index contributed by atoms with van der Waals surface area (Å²) in [5.41, 5.74) is 3.25. The molecule has 0 aromatic heterocycles. The highest BCUT2D eigenvalue weighted by molar-refractivity contribution is 6.04. The van der Waals surface area contributed by atoms with Crippen molar-refractivity contribution in [3.63, 3.8) is 0 Å². The molecule has 1 aliphatic rings. The van der Waals surface area contributed by atoms with Gasteiger partial charge in [-0.2, -0.15) is 5.10 Å². The van der Waals surface area contributed by atoms with Gasteiger partial charge >= 0.3 is 11.7 Å². The van der Waals surface area contributed by atoms with Gasteiger partial charge in [0.05, 0.1) is 16.7 Å². The summed E-state index contributed by atoms with van der Waals surface area (Å²) < 4.78 is 15.9. The molecule has 1 aliphatic heterocycles. The number of nitrogens with zero attached hydrogens (tertiary/aromatic N) is 2. The summed E-state index contributed by atoms with van der Waals surface area (Å²) in [6, 6.07) is 23.2. The third kappa shape index (κ3) is 6.17. The molecular weight excluding hydrogens is 532 g/mol. The number of nitro benzene ring substituents is 1. The molecule has 2 amide bonds. The Hall–Kier alpha value is -6.04. The first-order valence-electron chi connectivity index (χ1n) is 12.1. The predicted octanol–water partition coefficient (Wildman–Crippen LogP) is 4.56. The van der Waals surface area contributed by atoms with Crippen LogP contribution in [0.3, 0.4) is 0 Å². The normalized spacial score (nSPS) is 11.6. The van der Waals surface area contributed by atoms with Crippen LogP contribution in [0.1, 0.15) is 36.6 Å². The number of ether oxygens (including phenoxy) is 3. The quantitative estimate of drug-likeness (QED) is 0.106.